The van der Waals surface area contributed by atoms with Crippen molar-refractivity contribution in [1.29, 1.82) is 0 Å². The van der Waals surface area contributed by atoms with E-state index in [0.29, 0.717) is 37.3 Å². The van der Waals surface area contributed by atoms with Gasteiger partial charge in [-0.1, -0.05) is 12.1 Å². The minimum atomic E-state index is -3.67. The van der Waals surface area contributed by atoms with E-state index < -0.39 is 15.6 Å². The third-order valence-corrected chi connectivity index (χ3v) is 5.94. The number of carbonyl (C=O) groups excluding carboxylic acids is 1. The Hall–Kier alpha value is -2.32. The molecule has 0 bridgehead atoms. The highest BCUT2D eigenvalue weighted by Gasteiger charge is 2.29. The van der Waals surface area contributed by atoms with E-state index in [1.807, 2.05) is 20.8 Å². The molecule has 7 nitrogen and oxygen atoms in total. The Bertz CT molecular complexity index is 908. The van der Waals surface area contributed by atoms with Gasteiger partial charge in [0, 0.05) is 24.7 Å². The second-order valence-electron chi connectivity index (χ2n) is 7.87. The van der Waals surface area contributed by atoms with E-state index in [0.717, 1.165) is 0 Å². The number of hydrogen-bond acceptors (Lipinski definition) is 5. The number of piperidine rings is 1. The van der Waals surface area contributed by atoms with Crippen molar-refractivity contribution in [1.82, 2.24) is 9.62 Å². The van der Waals surface area contributed by atoms with Gasteiger partial charge in [0.1, 0.15) is 11.4 Å². The van der Waals surface area contributed by atoms with E-state index in [1.165, 1.54) is 0 Å². The largest absolute Gasteiger partial charge is 0.464 e. The van der Waals surface area contributed by atoms with Crippen molar-refractivity contribution >= 4 is 16.1 Å². The molecule has 3 rings (SSSR count). The maximum atomic E-state index is 12.8. The third kappa shape index (κ3) is 5.14. The van der Waals surface area contributed by atoms with Crippen molar-refractivity contribution < 1.29 is 22.4 Å². The smallest absolute Gasteiger partial charge is 0.410 e. The number of benzene rings is 1. The Morgan fingerprint density at radius 2 is 1.89 bits per heavy atom. The predicted molar refractivity (Wildman–Crippen MR) is 105 cm³/mol. The van der Waals surface area contributed by atoms with Crippen LogP contribution in [0.3, 0.4) is 0 Å². The fourth-order valence-electron chi connectivity index (χ4n) is 3.05. The first-order valence-corrected chi connectivity index (χ1v) is 10.8. The van der Waals surface area contributed by atoms with Crippen LogP contribution >= 0.6 is 0 Å². The summed E-state index contributed by atoms with van der Waals surface area (Å²) in [5.74, 6) is 0.614. The fraction of sp³-hybridized carbons (Fsp3) is 0.450. The van der Waals surface area contributed by atoms with Gasteiger partial charge in [0.05, 0.1) is 11.2 Å². The topological polar surface area (TPSA) is 88.9 Å². The maximum absolute atomic E-state index is 12.8. The molecule has 0 atom stereocenters. The average Bonchev–Trinajstić information content (AvgIpc) is 3.15. The minimum absolute atomic E-state index is 0.191. The Morgan fingerprint density at radius 1 is 1.18 bits per heavy atom. The average molecular weight is 407 g/mol. The molecule has 0 spiro atoms. The number of hydrogen-bond donors (Lipinski definition) is 1. The highest BCUT2D eigenvalue weighted by molar-refractivity contribution is 7.89. The molecule has 28 heavy (non-hydrogen) atoms. The molecule has 2 aromatic rings. The maximum Gasteiger partial charge on any atom is 0.410 e. The van der Waals surface area contributed by atoms with E-state index in [-0.39, 0.29) is 17.0 Å². The van der Waals surface area contributed by atoms with Crippen molar-refractivity contribution in [3.63, 3.8) is 0 Å². The Kier molecular flexibility index (Phi) is 5.81. The lowest BCUT2D eigenvalue weighted by Gasteiger charge is -2.33. The van der Waals surface area contributed by atoms with Crippen LogP contribution in [0.25, 0.3) is 11.3 Å². The normalized spacial score (nSPS) is 16.2. The number of carbonyl (C=O) groups is 1. The van der Waals surface area contributed by atoms with E-state index in [4.69, 9.17) is 9.15 Å². The van der Waals surface area contributed by atoms with Gasteiger partial charge in [0.2, 0.25) is 10.0 Å². The summed E-state index contributed by atoms with van der Waals surface area (Å²) in [6.07, 6.45) is 2.26. The Labute approximate surface area is 165 Å². The molecule has 0 saturated carbocycles. The van der Waals surface area contributed by atoms with Gasteiger partial charge in [0.15, 0.2) is 0 Å². The lowest BCUT2D eigenvalue weighted by Crippen LogP contribution is -2.47. The number of nitrogens with zero attached hydrogens (tertiary/aromatic N) is 1. The molecule has 1 saturated heterocycles. The van der Waals surface area contributed by atoms with E-state index >= 15 is 0 Å². The van der Waals surface area contributed by atoms with Crippen LogP contribution < -0.4 is 4.72 Å². The summed E-state index contributed by atoms with van der Waals surface area (Å²) >= 11 is 0. The SMILES string of the molecule is CC(C)(C)OC(=O)N1CCC(NS(=O)(=O)c2cccc(-c3ccco3)c2)CC1. The number of sulfonamides is 1. The van der Waals surface area contributed by atoms with Gasteiger partial charge in [-0.15, -0.1) is 0 Å². The number of rotatable bonds is 4. The zero-order valence-corrected chi connectivity index (χ0v) is 17.2. The molecule has 1 N–H and O–H groups in total. The van der Waals surface area contributed by atoms with Gasteiger partial charge in [-0.2, -0.15) is 0 Å². The van der Waals surface area contributed by atoms with Crippen molar-refractivity contribution in [2.45, 2.75) is 50.2 Å². The van der Waals surface area contributed by atoms with Crippen molar-refractivity contribution in [3.05, 3.63) is 42.7 Å². The van der Waals surface area contributed by atoms with Gasteiger partial charge in [-0.25, -0.2) is 17.9 Å². The summed E-state index contributed by atoms with van der Waals surface area (Å²) in [5, 5.41) is 0. The van der Waals surface area contributed by atoms with Gasteiger partial charge in [0.25, 0.3) is 0 Å². The van der Waals surface area contributed by atoms with Gasteiger partial charge < -0.3 is 14.1 Å². The van der Waals surface area contributed by atoms with E-state index in [2.05, 4.69) is 4.72 Å². The van der Waals surface area contributed by atoms with Crippen LogP contribution in [0.4, 0.5) is 4.79 Å². The molecule has 0 radical (unpaired) electrons. The van der Waals surface area contributed by atoms with Crippen LogP contribution in [0, 0.1) is 0 Å². The Morgan fingerprint density at radius 3 is 2.50 bits per heavy atom. The number of furan rings is 1. The molecular weight excluding hydrogens is 380 g/mol. The zero-order chi connectivity index (χ0) is 20.4. The van der Waals surface area contributed by atoms with E-state index in [1.54, 1.807) is 47.6 Å². The van der Waals surface area contributed by atoms with Crippen LogP contribution in [-0.4, -0.2) is 44.1 Å². The second kappa shape index (κ2) is 7.97. The van der Waals surface area contributed by atoms with Crippen molar-refractivity contribution in [2.24, 2.45) is 0 Å². The summed E-state index contributed by atoms with van der Waals surface area (Å²) in [7, 11) is -3.67. The summed E-state index contributed by atoms with van der Waals surface area (Å²) in [4.78, 5) is 13.9. The van der Waals surface area contributed by atoms with Crippen LogP contribution in [0.1, 0.15) is 33.6 Å². The number of nitrogens with one attached hydrogen (secondary N) is 1. The number of amides is 1. The molecule has 0 unspecified atom stereocenters. The molecule has 1 fully saturated rings. The molecule has 1 amide bonds. The molecule has 2 heterocycles. The van der Waals surface area contributed by atoms with Crippen LogP contribution in [-0.2, 0) is 14.8 Å². The lowest BCUT2D eigenvalue weighted by molar-refractivity contribution is 0.0203. The molecule has 1 aromatic carbocycles. The molecule has 1 aliphatic heterocycles. The van der Waals surface area contributed by atoms with Crippen molar-refractivity contribution in [3.8, 4) is 11.3 Å². The van der Waals surface area contributed by atoms with Crippen molar-refractivity contribution in [2.75, 3.05) is 13.1 Å². The molecule has 0 aliphatic carbocycles. The minimum Gasteiger partial charge on any atom is -0.464 e. The highest BCUT2D eigenvalue weighted by atomic mass is 32.2. The van der Waals surface area contributed by atoms with E-state index in [9.17, 15) is 13.2 Å². The standard InChI is InChI=1S/C20H26N2O5S/c1-20(2,3)27-19(23)22-11-9-16(10-12-22)21-28(24,25)17-7-4-6-15(14-17)18-8-5-13-26-18/h4-8,13-14,16,21H,9-12H2,1-3H3. The first-order valence-electron chi connectivity index (χ1n) is 9.28. The molecule has 152 valence electrons. The number of likely N-dealkylation sites (tertiary alicyclic amines) is 1. The lowest BCUT2D eigenvalue weighted by atomic mass is 10.1. The highest BCUT2D eigenvalue weighted by Crippen LogP contribution is 2.24. The monoisotopic (exact) mass is 406 g/mol. The molecule has 1 aromatic heterocycles. The zero-order valence-electron chi connectivity index (χ0n) is 16.3. The van der Waals surface area contributed by atoms with Crippen LogP contribution in [0.5, 0.6) is 0 Å². The summed E-state index contributed by atoms with van der Waals surface area (Å²) < 4.78 is 39.0. The molecular formula is C20H26N2O5S. The first-order chi connectivity index (χ1) is 13.1. The quantitative estimate of drug-likeness (QED) is 0.838. The third-order valence-electron chi connectivity index (χ3n) is 4.42. The molecule has 8 heteroatoms. The summed E-state index contributed by atoms with van der Waals surface area (Å²) in [6, 6.07) is 9.96. The first kappa shape index (κ1) is 20.4. The van der Waals surface area contributed by atoms with Crippen LogP contribution in [0.2, 0.25) is 0 Å². The summed E-state index contributed by atoms with van der Waals surface area (Å²) in [6.45, 7) is 6.37. The predicted octanol–water partition coefficient (Wildman–Crippen LogP) is 3.62. The second-order valence-corrected chi connectivity index (χ2v) is 9.58. The van der Waals surface area contributed by atoms with Crippen LogP contribution in [0.15, 0.2) is 52.0 Å². The number of ether oxygens (including phenoxy) is 1. The van der Waals surface area contributed by atoms with Gasteiger partial charge in [-0.05, 0) is 57.9 Å². The van der Waals surface area contributed by atoms with Gasteiger partial charge >= 0.3 is 6.09 Å². The molecule has 1 aliphatic rings. The summed E-state index contributed by atoms with van der Waals surface area (Å²) in [5.41, 5.74) is 0.154. The fourth-order valence-corrected chi connectivity index (χ4v) is 4.40. The van der Waals surface area contributed by atoms with Gasteiger partial charge in [-0.3, -0.25) is 0 Å². The Balaban J connectivity index is 1.62.